The fourth-order valence-corrected chi connectivity index (χ4v) is 3.84. The lowest BCUT2D eigenvalue weighted by Crippen LogP contribution is -2.42. The lowest BCUT2D eigenvalue weighted by Gasteiger charge is -2.19. The van der Waals surface area contributed by atoms with Crippen LogP contribution in [0.25, 0.3) is 11.3 Å². The summed E-state index contributed by atoms with van der Waals surface area (Å²) in [5, 5.41) is 2.85. The number of pyridine rings is 2. The first-order valence-electron chi connectivity index (χ1n) is 12.1. The van der Waals surface area contributed by atoms with Gasteiger partial charge in [-0.05, 0) is 85.1 Å². The molecule has 4 aromatic rings. The van der Waals surface area contributed by atoms with E-state index in [9.17, 15) is 14.0 Å². The average Bonchev–Trinajstić information content (AvgIpc) is 2.90. The monoisotopic (exact) mass is 497 g/mol. The van der Waals surface area contributed by atoms with Crippen molar-refractivity contribution in [1.82, 2.24) is 15.3 Å². The highest BCUT2D eigenvalue weighted by atomic mass is 19.1. The van der Waals surface area contributed by atoms with E-state index in [1.54, 1.807) is 42.6 Å². The number of Topliss-reactive ketones (excluding diaryl/α,β-unsaturated/α-hetero) is 1. The molecular formula is C30H28FN3O3. The lowest BCUT2D eigenvalue weighted by molar-refractivity contribution is -0.120. The van der Waals surface area contributed by atoms with Crippen molar-refractivity contribution in [1.29, 1.82) is 0 Å². The molecule has 7 heteroatoms. The second kappa shape index (κ2) is 12.0. The molecule has 0 spiro atoms. The summed E-state index contributed by atoms with van der Waals surface area (Å²) in [6, 6.07) is 23.2. The minimum atomic E-state index is -0.636. The van der Waals surface area contributed by atoms with Crippen molar-refractivity contribution in [3.8, 4) is 22.8 Å². The van der Waals surface area contributed by atoms with Gasteiger partial charge in [0.05, 0.1) is 18.2 Å². The van der Waals surface area contributed by atoms with E-state index in [0.717, 1.165) is 11.3 Å². The number of hydrogen-bond acceptors (Lipinski definition) is 5. The highest BCUT2D eigenvalue weighted by molar-refractivity contribution is 5.97. The summed E-state index contributed by atoms with van der Waals surface area (Å²) in [5.41, 5.74) is 2.48. The number of ether oxygens (including phenoxy) is 1. The van der Waals surface area contributed by atoms with Crippen molar-refractivity contribution in [2.45, 2.75) is 32.7 Å². The van der Waals surface area contributed by atoms with Gasteiger partial charge in [0.25, 0.3) is 5.91 Å². The second-order valence-corrected chi connectivity index (χ2v) is 9.11. The van der Waals surface area contributed by atoms with Crippen LogP contribution >= 0.6 is 0 Å². The zero-order valence-electron chi connectivity index (χ0n) is 20.7. The van der Waals surface area contributed by atoms with Gasteiger partial charge in [-0.25, -0.2) is 4.39 Å². The van der Waals surface area contributed by atoms with Crippen LogP contribution in [0, 0.1) is 11.7 Å². The first kappa shape index (κ1) is 25.7. The zero-order valence-corrected chi connectivity index (χ0v) is 20.7. The molecule has 2 aromatic carbocycles. The largest absolute Gasteiger partial charge is 0.457 e. The van der Waals surface area contributed by atoms with Gasteiger partial charge in [0.2, 0.25) is 0 Å². The molecule has 1 atom stereocenters. The molecule has 37 heavy (non-hydrogen) atoms. The van der Waals surface area contributed by atoms with Gasteiger partial charge in [0.1, 0.15) is 23.0 Å². The Morgan fingerprint density at radius 1 is 0.892 bits per heavy atom. The Balaban J connectivity index is 1.44. The van der Waals surface area contributed by atoms with Gasteiger partial charge >= 0.3 is 0 Å². The van der Waals surface area contributed by atoms with E-state index in [2.05, 4.69) is 15.3 Å². The normalized spacial score (nSPS) is 11.7. The highest BCUT2D eigenvalue weighted by Gasteiger charge is 2.23. The number of carbonyl (C=O) groups is 2. The molecule has 0 bridgehead atoms. The molecule has 0 aliphatic rings. The van der Waals surface area contributed by atoms with Crippen LogP contribution in [0.1, 0.15) is 36.5 Å². The van der Waals surface area contributed by atoms with Crippen molar-refractivity contribution < 1.29 is 18.7 Å². The number of ketones is 1. The molecule has 0 saturated carbocycles. The number of nitrogens with one attached hydrogen (secondary N) is 1. The molecule has 6 nitrogen and oxygen atoms in total. The summed E-state index contributed by atoms with van der Waals surface area (Å²) in [6.07, 6.45) is 2.16. The highest BCUT2D eigenvalue weighted by Crippen LogP contribution is 2.25. The van der Waals surface area contributed by atoms with Crippen molar-refractivity contribution >= 4 is 11.7 Å². The summed E-state index contributed by atoms with van der Waals surface area (Å²) in [7, 11) is 0. The number of aromatic nitrogens is 2. The maximum Gasteiger partial charge on any atom is 0.270 e. The van der Waals surface area contributed by atoms with Crippen LogP contribution in [-0.2, 0) is 11.2 Å². The molecule has 0 radical (unpaired) electrons. The van der Waals surface area contributed by atoms with Gasteiger partial charge in [-0.15, -0.1) is 0 Å². The van der Waals surface area contributed by atoms with E-state index in [4.69, 9.17) is 4.74 Å². The number of amides is 1. The Kier molecular flexibility index (Phi) is 8.36. The summed E-state index contributed by atoms with van der Waals surface area (Å²) >= 11 is 0. The van der Waals surface area contributed by atoms with Crippen molar-refractivity contribution in [2.75, 3.05) is 0 Å². The number of hydrogen-bond donors (Lipinski definition) is 1. The molecule has 0 aliphatic heterocycles. The Labute approximate surface area is 215 Å². The van der Waals surface area contributed by atoms with Gasteiger partial charge in [-0.2, -0.15) is 0 Å². The average molecular weight is 498 g/mol. The third kappa shape index (κ3) is 7.30. The van der Waals surface area contributed by atoms with Crippen LogP contribution in [0.4, 0.5) is 4.39 Å². The number of halogens is 1. The molecule has 188 valence electrons. The molecule has 1 N–H and O–H groups in total. The zero-order chi connectivity index (χ0) is 26.2. The third-order valence-electron chi connectivity index (χ3n) is 5.66. The molecule has 0 unspecified atom stereocenters. The summed E-state index contributed by atoms with van der Waals surface area (Å²) < 4.78 is 18.9. The molecule has 4 rings (SSSR count). The molecule has 2 aromatic heterocycles. The topological polar surface area (TPSA) is 81.2 Å². The van der Waals surface area contributed by atoms with Crippen LogP contribution in [0.3, 0.4) is 0 Å². The fourth-order valence-electron chi connectivity index (χ4n) is 3.84. The maximum absolute atomic E-state index is 13.2. The number of carbonyl (C=O) groups excluding carboxylic acids is 2. The van der Waals surface area contributed by atoms with Gasteiger partial charge in [-0.3, -0.25) is 19.6 Å². The molecule has 2 heterocycles. The Hall–Kier alpha value is -4.39. The minimum absolute atomic E-state index is 0.0967. The maximum atomic E-state index is 13.2. The lowest BCUT2D eigenvalue weighted by atomic mass is 9.97. The van der Waals surface area contributed by atoms with Crippen molar-refractivity contribution in [2.24, 2.45) is 5.92 Å². The van der Waals surface area contributed by atoms with Crippen LogP contribution in [0.5, 0.6) is 11.5 Å². The summed E-state index contributed by atoms with van der Waals surface area (Å²) in [5.74, 6) is 0.571. The number of benzene rings is 2. The summed E-state index contributed by atoms with van der Waals surface area (Å²) in [6.45, 7) is 4.02. The Bertz CT molecular complexity index is 1340. The van der Waals surface area contributed by atoms with Gasteiger partial charge in [0.15, 0.2) is 5.78 Å². The van der Waals surface area contributed by atoms with Crippen LogP contribution in [-0.4, -0.2) is 27.7 Å². The fraction of sp³-hybridized carbons (Fsp3) is 0.200. The predicted octanol–water partition coefficient (Wildman–Crippen LogP) is 6.03. The molecule has 1 amide bonds. The smallest absolute Gasteiger partial charge is 0.270 e. The van der Waals surface area contributed by atoms with Crippen molar-refractivity contribution in [3.63, 3.8) is 0 Å². The Morgan fingerprint density at radius 2 is 1.59 bits per heavy atom. The van der Waals surface area contributed by atoms with E-state index >= 15 is 0 Å². The van der Waals surface area contributed by atoms with Crippen LogP contribution in [0.15, 0.2) is 91.1 Å². The second-order valence-electron chi connectivity index (χ2n) is 9.11. The molecular weight excluding hydrogens is 469 g/mol. The first-order valence-corrected chi connectivity index (χ1v) is 12.1. The standard InChI is InChI=1S/C30H28FN3O3/c1-20(2)18-28(34-30(36)27-7-3-4-17-32-27)29(35)19-23-6-5-8-26(33-23)21-9-13-24(14-10-21)37-25-15-11-22(31)12-16-25/h3-17,20,28H,18-19H2,1-2H3,(H,34,36)/t28-/m0/s1. The summed E-state index contributed by atoms with van der Waals surface area (Å²) in [4.78, 5) is 34.6. The van der Waals surface area contributed by atoms with Crippen molar-refractivity contribution in [3.05, 3.63) is 108 Å². The molecule has 0 aliphatic carbocycles. The minimum Gasteiger partial charge on any atom is -0.457 e. The van der Waals surface area contributed by atoms with E-state index < -0.39 is 6.04 Å². The SMILES string of the molecule is CC(C)C[C@H](NC(=O)c1ccccn1)C(=O)Cc1cccc(-c2ccc(Oc3ccc(F)cc3)cc2)n1. The van der Waals surface area contributed by atoms with E-state index in [1.165, 1.54) is 12.1 Å². The third-order valence-corrected chi connectivity index (χ3v) is 5.66. The van der Waals surface area contributed by atoms with Gasteiger partial charge in [0, 0.05) is 17.5 Å². The predicted molar refractivity (Wildman–Crippen MR) is 140 cm³/mol. The van der Waals surface area contributed by atoms with Gasteiger partial charge in [-0.1, -0.05) is 26.0 Å². The quantitative estimate of drug-likeness (QED) is 0.289. The van der Waals surface area contributed by atoms with Gasteiger partial charge < -0.3 is 10.1 Å². The van der Waals surface area contributed by atoms with Crippen LogP contribution < -0.4 is 10.1 Å². The molecule has 0 fully saturated rings. The van der Waals surface area contributed by atoms with E-state index in [1.807, 2.05) is 50.2 Å². The van der Waals surface area contributed by atoms with E-state index in [0.29, 0.717) is 23.6 Å². The van der Waals surface area contributed by atoms with E-state index in [-0.39, 0.29) is 35.5 Å². The Morgan fingerprint density at radius 3 is 2.24 bits per heavy atom. The molecule has 0 saturated heterocycles. The van der Waals surface area contributed by atoms with Crippen LogP contribution in [0.2, 0.25) is 0 Å². The number of nitrogens with zero attached hydrogens (tertiary/aromatic N) is 2. The first-order chi connectivity index (χ1) is 17.9. The number of rotatable bonds is 10.